The highest BCUT2D eigenvalue weighted by molar-refractivity contribution is 7.18. The van der Waals surface area contributed by atoms with Gasteiger partial charge in [-0.15, -0.1) is 11.3 Å². The second-order valence-electron chi connectivity index (χ2n) is 7.91. The number of aromatic nitrogens is 2. The molecule has 140 valence electrons. The molecule has 27 heavy (non-hydrogen) atoms. The van der Waals surface area contributed by atoms with Crippen LogP contribution in [0.4, 0.5) is 0 Å². The van der Waals surface area contributed by atoms with Crippen molar-refractivity contribution in [2.45, 2.75) is 52.5 Å². The molecule has 0 bridgehead atoms. The van der Waals surface area contributed by atoms with Crippen molar-refractivity contribution in [3.8, 4) is 0 Å². The molecule has 4 nitrogen and oxygen atoms in total. The van der Waals surface area contributed by atoms with Crippen molar-refractivity contribution < 1.29 is 4.79 Å². The van der Waals surface area contributed by atoms with Crippen molar-refractivity contribution in [1.82, 2.24) is 9.55 Å². The number of hydrogen-bond donors (Lipinski definition) is 0. The van der Waals surface area contributed by atoms with Crippen molar-refractivity contribution in [2.24, 2.45) is 5.92 Å². The summed E-state index contributed by atoms with van der Waals surface area (Å²) in [5.41, 5.74) is 2.91. The second-order valence-corrected chi connectivity index (χ2v) is 8.99. The van der Waals surface area contributed by atoms with Crippen LogP contribution >= 0.6 is 11.3 Å². The zero-order valence-electron chi connectivity index (χ0n) is 16.0. The Morgan fingerprint density at radius 1 is 1.30 bits per heavy atom. The zero-order valence-corrected chi connectivity index (χ0v) is 16.8. The maximum Gasteiger partial charge on any atom is 0.262 e. The minimum absolute atomic E-state index is 0.0316. The molecule has 1 aromatic carbocycles. The van der Waals surface area contributed by atoms with Gasteiger partial charge >= 0.3 is 0 Å². The van der Waals surface area contributed by atoms with Gasteiger partial charge in [0, 0.05) is 10.4 Å². The van der Waals surface area contributed by atoms with Gasteiger partial charge in [-0.05, 0) is 42.2 Å². The predicted octanol–water partition coefficient (Wildman–Crippen LogP) is 4.59. The number of thiophene rings is 1. The van der Waals surface area contributed by atoms with Crippen LogP contribution in [0.3, 0.4) is 0 Å². The Bertz CT molecular complexity index is 1060. The Labute approximate surface area is 162 Å². The number of fused-ring (bicyclic) bond motifs is 3. The Morgan fingerprint density at radius 3 is 2.74 bits per heavy atom. The van der Waals surface area contributed by atoms with E-state index in [4.69, 9.17) is 0 Å². The van der Waals surface area contributed by atoms with Crippen molar-refractivity contribution in [2.75, 3.05) is 0 Å². The average molecular weight is 381 g/mol. The monoisotopic (exact) mass is 380 g/mol. The largest absolute Gasteiger partial charge is 0.292 e. The van der Waals surface area contributed by atoms with Crippen LogP contribution in [0.2, 0.25) is 0 Å². The predicted molar refractivity (Wildman–Crippen MR) is 110 cm³/mol. The summed E-state index contributed by atoms with van der Waals surface area (Å²) in [4.78, 5) is 32.3. The van der Waals surface area contributed by atoms with Crippen molar-refractivity contribution in [3.63, 3.8) is 0 Å². The summed E-state index contributed by atoms with van der Waals surface area (Å²) in [5, 5.41) is 0.729. The molecule has 5 heteroatoms. The van der Waals surface area contributed by atoms with Crippen LogP contribution in [-0.2, 0) is 19.4 Å². The van der Waals surface area contributed by atoms with Gasteiger partial charge in [0.15, 0.2) is 5.78 Å². The molecule has 1 unspecified atom stereocenters. The van der Waals surface area contributed by atoms with E-state index in [0.29, 0.717) is 17.4 Å². The van der Waals surface area contributed by atoms with Crippen molar-refractivity contribution >= 4 is 27.3 Å². The van der Waals surface area contributed by atoms with E-state index in [9.17, 15) is 9.59 Å². The Kier molecular flexibility index (Phi) is 4.72. The highest BCUT2D eigenvalue weighted by Crippen LogP contribution is 2.35. The summed E-state index contributed by atoms with van der Waals surface area (Å²) >= 11 is 1.64. The fourth-order valence-electron chi connectivity index (χ4n) is 3.78. The molecule has 1 atom stereocenters. The van der Waals surface area contributed by atoms with E-state index in [1.165, 1.54) is 21.3 Å². The number of nitrogens with zero attached hydrogens (tertiary/aromatic N) is 2. The van der Waals surface area contributed by atoms with Gasteiger partial charge in [-0.3, -0.25) is 14.2 Å². The van der Waals surface area contributed by atoms with E-state index in [2.05, 4.69) is 25.8 Å². The number of Topliss-reactive ketones (excluding diaryl/α,β-unsaturated/α-hetero) is 1. The van der Waals surface area contributed by atoms with Gasteiger partial charge in [0.25, 0.3) is 5.56 Å². The maximum atomic E-state index is 13.0. The number of aryl methyl sites for hydroxylation is 1. The first kappa shape index (κ1) is 18.1. The molecule has 0 spiro atoms. The molecule has 0 N–H and O–H groups in total. The van der Waals surface area contributed by atoms with Gasteiger partial charge in [0.1, 0.15) is 4.83 Å². The van der Waals surface area contributed by atoms with Gasteiger partial charge in [0.2, 0.25) is 0 Å². The second kappa shape index (κ2) is 7.04. The van der Waals surface area contributed by atoms with Crippen molar-refractivity contribution in [1.29, 1.82) is 0 Å². The lowest BCUT2D eigenvalue weighted by atomic mass is 9.89. The molecule has 1 aliphatic rings. The first-order chi connectivity index (χ1) is 12.9. The summed E-state index contributed by atoms with van der Waals surface area (Å²) in [5.74, 6) is 1.02. The molecule has 0 aliphatic heterocycles. The summed E-state index contributed by atoms with van der Waals surface area (Å²) in [6, 6.07) is 7.67. The SMILES string of the molecule is CC1CCc2c(sc3ncn(CC(=O)c4ccc(C(C)C)cc4)c(=O)c23)C1. The molecule has 1 aliphatic carbocycles. The maximum absolute atomic E-state index is 13.0. The van der Waals surface area contributed by atoms with E-state index in [1.54, 1.807) is 11.3 Å². The Balaban J connectivity index is 1.65. The highest BCUT2D eigenvalue weighted by atomic mass is 32.1. The third-order valence-electron chi connectivity index (χ3n) is 5.50. The fourth-order valence-corrected chi connectivity index (χ4v) is 5.12. The first-order valence-electron chi connectivity index (χ1n) is 9.57. The summed E-state index contributed by atoms with van der Waals surface area (Å²) < 4.78 is 1.46. The molecule has 0 saturated carbocycles. The molecule has 3 aromatic rings. The smallest absolute Gasteiger partial charge is 0.262 e. The molecule has 2 aromatic heterocycles. The van der Waals surface area contributed by atoms with Gasteiger partial charge in [-0.2, -0.15) is 0 Å². The quantitative estimate of drug-likeness (QED) is 0.622. The molecule has 2 heterocycles. The third-order valence-corrected chi connectivity index (χ3v) is 6.66. The molecule has 4 rings (SSSR count). The minimum atomic E-state index is -0.0841. The molecule has 0 saturated heterocycles. The fraction of sp³-hybridized carbons (Fsp3) is 0.409. The van der Waals surface area contributed by atoms with Crippen LogP contribution in [0.15, 0.2) is 35.4 Å². The third kappa shape index (κ3) is 3.36. The number of rotatable bonds is 4. The van der Waals surface area contributed by atoms with E-state index in [1.807, 2.05) is 24.3 Å². The van der Waals surface area contributed by atoms with Crippen LogP contribution in [0.5, 0.6) is 0 Å². The number of carbonyl (C=O) groups excluding carboxylic acids is 1. The van der Waals surface area contributed by atoms with Crippen LogP contribution in [-0.4, -0.2) is 15.3 Å². The minimum Gasteiger partial charge on any atom is -0.292 e. The topological polar surface area (TPSA) is 52.0 Å². The van der Waals surface area contributed by atoms with Gasteiger partial charge in [-0.25, -0.2) is 4.98 Å². The van der Waals surface area contributed by atoms with Crippen LogP contribution in [0.1, 0.15) is 59.5 Å². The Morgan fingerprint density at radius 2 is 2.04 bits per heavy atom. The van der Waals surface area contributed by atoms with Gasteiger partial charge in [0.05, 0.1) is 18.3 Å². The van der Waals surface area contributed by atoms with Gasteiger partial charge < -0.3 is 0 Å². The standard InChI is InChI=1S/C22H24N2O2S/c1-13(2)15-5-7-16(8-6-15)18(25)11-24-12-23-21-20(22(24)26)17-9-4-14(3)10-19(17)27-21/h5-8,12-14H,4,9-11H2,1-3H3. The number of benzene rings is 1. The van der Waals surface area contributed by atoms with E-state index >= 15 is 0 Å². The lowest BCUT2D eigenvalue weighted by Crippen LogP contribution is -2.25. The summed E-state index contributed by atoms with van der Waals surface area (Å²) in [7, 11) is 0. The zero-order chi connectivity index (χ0) is 19.1. The van der Waals surface area contributed by atoms with Gasteiger partial charge in [-0.1, -0.05) is 45.0 Å². The van der Waals surface area contributed by atoms with E-state index in [0.717, 1.165) is 35.0 Å². The summed E-state index contributed by atoms with van der Waals surface area (Å²) in [6.45, 7) is 6.53. The molecule has 0 fully saturated rings. The Hall–Kier alpha value is -2.27. The molecular formula is C22H24N2O2S. The van der Waals surface area contributed by atoms with E-state index < -0.39 is 0 Å². The van der Waals surface area contributed by atoms with Crippen LogP contribution < -0.4 is 5.56 Å². The van der Waals surface area contributed by atoms with Crippen LogP contribution in [0, 0.1) is 5.92 Å². The van der Waals surface area contributed by atoms with Crippen molar-refractivity contribution in [3.05, 3.63) is 62.5 Å². The highest BCUT2D eigenvalue weighted by Gasteiger charge is 2.23. The summed E-state index contributed by atoms with van der Waals surface area (Å²) in [6.07, 6.45) is 4.59. The molecular weight excluding hydrogens is 356 g/mol. The lowest BCUT2D eigenvalue weighted by Gasteiger charge is -2.17. The lowest BCUT2D eigenvalue weighted by molar-refractivity contribution is 0.0970. The van der Waals surface area contributed by atoms with Crippen LogP contribution in [0.25, 0.3) is 10.2 Å². The first-order valence-corrected chi connectivity index (χ1v) is 10.4. The normalized spacial score (nSPS) is 16.7. The molecule has 0 amide bonds. The number of ketones is 1. The molecule has 0 radical (unpaired) electrons. The average Bonchev–Trinajstić information content (AvgIpc) is 3.02. The van der Waals surface area contributed by atoms with E-state index in [-0.39, 0.29) is 17.9 Å². The number of hydrogen-bond acceptors (Lipinski definition) is 4. The number of carbonyl (C=O) groups is 1.